The summed E-state index contributed by atoms with van der Waals surface area (Å²) in [5.74, 6) is 1.08. The van der Waals surface area contributed by atoms with Crippen molar-refractivity contribution in [2.75, 3.05) is 11.6 Å². The van der Waals surface area contributed by atoms with Gasteiger partial charge in [0.25, 0.3) is 0 Å². The molecule has 0 spiro atoms. The van der Waals surface area contributed by atoms with Crippen LogP contribution in [-0.4, -0.2) is 40.4 Å². The summed E-state index contributed by atoms with van der Waals surface area (Å²) in [7, 11) is 0. The predicted molar refractivity (Wildman–Crippen MR) is 77.9 cm³/mol. The standard InChI is InChI=1S/C14H17N3O2S/c15-13(18)12-5-9-3-1-2-4-10(9)6-17(12)14(19)11-7-20-8-16-11/h1-4,11-12,16H,5-8H2,(H2,15,18)/t11?,12-/m0/s1. The lowest BCUT2D eigenvalue weighted by atomic mass is 9.93. The quantitative estimate of drug-likeness (QED) is 0.809. The maximum atomic E-state index is 12.6. The lowest BCUT2D eigenvalue weighted by Crippen LogP contribution is -2.55. The van der Waals surface area contributed by atoms with Gasteiger partial charge in [-0.2, -0.15) is 0 Å². The lowest BCUT2D eigenvalue weighted by Gasteiger charge is -2.36. The van der Waals surface area contributed by atoms with E-state index < -0.39 is 11.9 Å². The van der Waals surface area contributed by atoms with Gasteiger partial charge in [-0.1, -0.05) is 24.3 Å². The van der Waals surface area contributed by atoms with Crippen molar-refractivity contribution in [3.8, 4) is 0 Å². The molecule has 1 aromatic rings. The third kappa shape index (κ3) is 2.41. The minimum Gasteiger partial charge on any atom is -0.368 e. The summed E-state index contributed by atoms with van der Waals surface area (Å²) in [4.78, 5) is 25.9. The number of primary amides is 1. The number of nitrogens with zero attached hydrogens (tertiary/aromatic N) is 1. The third-order valence-corrected chi connectivity index (χ3v) is 4.81. The number of fused-ring (bicyclic) bond motifs is 1. The van der Waals surface area contributed by atoms with Gasteiger partial charge in [0.15, 0.2) is 0 Å². The number of thioether (sulfide) groups is 1. The highest BCUT2D eigenvalue weighted by Gasteiger charge is 2.37. The molecule has 1 aromatic carbocycles. The van der Waals surface area contributed by atoms with Gasteiger partial charge in [-0.3, -0.25) is 14.9 Å². The van der Waals surface area contributed by atoms with Crippen LogP contribution in [0.25, 0.3) is 0 Å². The van der Waals surface area contributed by atoms with E-state index in [4.69, 9.17) is 5.73 Å². The van der Waals surface area contributed by atoms with Crippen LogP contribution in [0.3, 0.4) is 0 Å². The van der Waals surface area contributed by atoms with Crippen molar-refractivity contribution in [3.63, 3.8) is 0 Å². The van der Waals surface area contributed by atoms with Crippen LogP contribution in [0.4, 0.5) is 0 Å². The van der Waals surface area contributed by atoms with Gasteiger partial charge >= 0.3 is 0 Å². The van der Waals surface area contributed by atoms with Crippen molar-refractivity contribution < 1.29 is 9.59 Å². The van der Waals surface area contributed by atoms with E-state index in [1.54, 1.807) is 16.7 Å². The van der Waals surface area contributed by atoms with Gasteiger partial charge in [0, 0.05) is 24.6 Å². The van der Waals surface area contributed by atoms with Gasteiger partial charge in [0.2, 0.25) is 11.8 Å². The van der Waals surface area contributed by atoms with E-state index in [2.05, 4.69) is 5.32 Å². The highest BCUT2D eigenvalue weighted by molar-refractivity contribution is 7.99. The summed E-state index contributed by atoms with van der Waals surface area (Å²) < 4.78 is 0. The molecule has 3 N–H and O–H groups in total. The SMILES string of the molecule is NC(=O)[C@@H]1Cc2ccccc2CN1C(=O)C1CSCN1. The van der Waals surface area contributed by atoms with Gasteiger partial charge in [0.05, 0.1) is 6.04 Å². The van der Waals surface area contributed by atoms with Crippen molar-refractivity contribution in [2.45, 2.75) is 25.0 Å². The van der Waals surface area contributed by atoms with Crippen LogP contribution in [0.15, 0.2) is 24.3 Å². The van der Waals surface area contributed by atoms with Gasteiger partial charge in [-0.25, -0.2) is 0 Å². The molecule has 0 aromatic heterocycles. The van der Waals surface area contributed by atoms with Crippen molar-refractivity contribution in [1.29, 1.82) is 0 Å². The van der Waals surface area contributed by atoms with Gasteiger partial charge < -0.3 is 10.6 Å². The Bertz CT molecular complexity index is 543. The Kier molecular flexibility index (Phi) is 3.67. The molecule has 2 heterocycles. The van der Waals surface area contributed by atoms with E-state index in [0.29, 0.717) is 13.0 Å². The molecular formula is C14H17N3O2S. The zero-order valence-corrected chi connectivity index (χ0v) is 11.9. The highest BCUT2D eigenvalue weighted by Crippen LogP contribution is 2.25. The molecule has 2 atom stereocenters. The molecule has 0 saturated carbocycles. The van der Waals surface area contributed by atoms with Crippen LogP contribution in [0.2, 0.25) is 0 Å². The molecule has 1 unspecified atom stereocenters. The highest BCUT2D eigenvalue weighted by atomic mass is 32.2. The van der Waals surface area contributed by atoms with Crippen LogP contribution in [0, 0.1) is 0 Å². The van der Waals surface area contributed by atoms with E-state index in [-0.39, 0.29) is 11.9 Å². The van der Waals surface area contributed by atoms with Crippen LogP contribution in [-0.2, 0) is 22.6 Å². The number of carbonyl (C=O) groups excluding carboxylic acids is 2. The monoisotopic (exact) mass is 291 g/mol. The Morgan fingerprint density at radius 2 is 2.05 bits per heavy atom. The topological polar surface area (TPSA) is 75.4 Å². The van der Waals surface area contributed by atoms with Gasteiger partial charge in [-0.15, -0.1) is 11.8 Å². The molecule has 1 fully saturated rings. The number of hydrogen-bond donors (Lipinski definition) is 2. The maximum Gasteiger partial charge on any atom is 0.241 e. The van der Waals surface area contributed by atoms with Crippen molar-refractivity contribution in [3.05, 3.63) is 35.4 Å². The third-order valence-electron chi connectivity index (χ3n) is 3.87. The van der Waals surface area contributed by atoms with Crippen molar-refractivity contribution >= 4 is 23.6 Å². The van der Waals surface area contributed by atoms with Crippen LogP contribution in [0.1, 0.15) is 11.1 Å². The number of rotatable bonds is 2. The van der Waals surface area contributed by atoms with Gasteiger partial charge in [-0.05, 0) is 11.1 Å². The summed E-state index contributed by atoms with van der Waals surface area (Å²) in [6, 6.07) is 7.16. The molecule has 2 aliphatic rings. The van der Waals surface area contributed by atoms with Crippen LogP contribution >= 0.6 is 11.8 Å². The minimum atomic E-state index is -0.537. The molecule has 1 saturated heterocycles. The number of carbonyl (C=O) groups is 2. The first-order valence-electron chi connectivity index (χ1n) is 6.64. The Balaban J connectivity index is 1.88. The second-order valence-corrected chi connectivity index (χ2v) is 6.16. The zero-order valence-electron chi connectivity index (χ0n) is 11.0. The van der Waals surface area contributed by atoms with Crippen molar-refractivity contribution in [1.82, 2.24) is 10.2 Å². The van der Waals surface area contributed by atoms with E-state index in [9.17, 15) is 9.59 Å². The molecule has 3 rings (SSSR count). The summed E-state index contributed by atoms with van der Waals surface area (Å²) in [5.41, 5.74) is 7.70. The molecular weight excluding hydrogens is 274 g/mol. The second kappa shape index (κ2) is 5.46. The average Bonchev–Trinajstić information content (AvgIpc) is 2.99. The summed E-state index contributed by atoms with van der Waals surface area (Å²) >= 11 is 1.69. The summed E-state index contributed by atoms with van der Waals surface area (Å²) in [6.45, 7) is 0.464. The first-order chi connectivity index (χ1) is 9.66. The molecule has 106 valence electrons. The largest absolute Gasteiger partial charge is 0.368 e. The fourth-order valence-electron chi connectivity index (χ4n) is 2.76. The van der Waals surface area contributed by atoms with E-state index in [1.807, 2.05) is 24.3 Å². The first kappa shape index (κ1) is 13.5. The maximum absolute atomic E-state index is 12.6. The zero-order chi connectivity index (χ0) is 14.1. The normalized spacial score (nSPS) is 25.3. The molecule has 0 aliphatic carbocycles. The van der Waals surface area contributed by atoms with E-state index in [1.165, 1.54) is 0 Å². The molecule has 20 heavy (non-hydrogen) atoms. The Labute approximate surface area is 121 Å². The second-order valence-electron chi connectivity index (χ2n) is 5.13. The number of nitrogens with one attached hydrogen (secondary N) is 1. The fourth-order valence-corrected chi connectivity index (χ4v) is 3.70. The number of amides is 2. The molecule has 6 heteroatoms. The molecule has 0 radical (unpaired) electrons. The average molecular weight is 291 g/mol. The first-order valence-corrected chi connectivity index (χ1v) is 7.80. The predicted octanol–water partition coefficient (Wildman–Crippen LogP) is 0.0877. The van der Waals surface area contributed by atoms with E-state index >= 15 is 0 Å². The Morgan fingerprint density at radius 1 is 1.30 bits per heavy atom. The summed E-state index contributed by atoms with van der Waals surface area (Å²) in [5, 5.41) is 3.16. The van der Waals surface area contributed by atoms with E-state index in [0.717, 1.165) is 22.8 Å². The summed E-state index contributed by atoms with van der Waals surface area (Å²) in [6.07, 6.45) is 0.511. The smallest absolute Gasteiger partial charge is 0.241 e. The Morgan fingerprint density at radius 3 is 2.70 bits per heavy atom. The number of nitrogens with two attached hydrogens (primary N) is 1. The molecule has 2 aliphatic heterocycles. The number of benzene rings is 1. The Hall–Kier alpha value is -1.53. The van der Waals surface area contributed by atoms with Crippen LogP contribution < -0.4 is 11.1 Å². The molecule has 2 amide bonds. The van der Waals surface area contributed by atoms with Crippen LogP contribution in [0.5, 0.6) is 0 Å². The van der Waals surface area contributed by atoms with Crippen molar-refractivity contribution in [2.24, 2.45) is 5.73 Å². The minimum absolute atomic E-state index is 0.0201. The fraction of sp³-hybridized carbons (Fsp3) is 0.429. The van der Waals surface area contributed by atoms with Gasteiger partial charge in [0.1, 0.15) is 6.04 Å². The molecule has 5 nitrogen and oxygen atoms in total. The molecule has 0 bridgehead atoms. The number of hydrogen-bond acceptors (Lipinski definition) is 4. The lowest BCUT2D eigenvalue weighted by molar-refractivity contribution is -0.141.